The fourth-order valence-corrected chi connectivity index (χ4v) is 4.06. The molecular weight excluding hydrogens is 344 g/mol. The molecule has 2 aliphatic rings. The summed E-state index contributed by atoms with van der Waals surface area (Å²) in [5.74, 6) is 0.819. The summed E-state index contributed by atoms with van der Waals surface area (Å²) in [6.07, 6.45) is 6.38. The lowest BCUT2D eigenvalue weighted by atomic mass is 9.97. The predicted octanol–water partition coefficient (Wildman–Crippen LogP) is 3.93. The van der Waals surface area contributed by atoms with Gasteiger partial charge in [0.2, 0.25) is 5.91 Å². The molecule has 138 valence electrons. The molecule has 0 spiro atoms. The molecule has 1 saturated heterocycles. The number of amides is 1. The van der Waals surface area contributed by atoms with Crippen LogP contribution in [0.5, 0.6) is 0 Å². The zero-order valence-corrected chi connectivity index (χ0v) is 15.9. The molecule has 2 N–H and O–H groups in total. The number of anilines is 1. The van der Waals surface area contributed by atoms with Crippen LogP contribution in [0.25, 0.3) is 0 Å². The Bertz CT molecular complexity index is 751. The zero-order valence-electron chi connectivity index (χ0n) is 15.1. The largest absolute Gasteiger partial charge is 0.326 e. The third kappa shape index (κ3) is 4.66. The summed E-state index contributed by atoms with van der Waals surface area (Å²) in [4.78, 5) is 12.3. The third-order valence-corrected chi connectivity index (χ3v) is 5.46. The van der Waals surface area contributed by atoms with Gasteiger partial charge in [-0.2, -0.15) is 0 Å². The van der Waals surface area contributed by atoms with Crippen LogP contribution >= 0.6 is 12.4 Å². The van der Waals surface area contributed by atoms with Crippen LogP contribution < -0.4 is 10.6 Å². The van der Waals surface area contributed by atoms with Crippen molar-refractivity contribution in [3.05, 3.63) is 64.7 Å². The van der Waals surface area contributed by atoms with Gasteiger partial charge in [-0.1, -0.05) is 30.3 Å². The molecule has 0 aromatic heterocycles. The van der Waals surface area contributed by atoms with Gasteiger partial charge in [-0.05, 0) is 85.5 Å². The first-order valence-corrected chi connectivity index (χ1v) is 9.46. The minimum atomic E-state index is 0. The van der Waals surface area contributed by atoms with Crippen LogP contribution in [0.2, 0.25) is 0 Å². The van der Waals surface area contributed by atoms with Gasteiger partial charge in [-0.3, -0.25) is 4.79 Å². The summed E-state index contributed by atoms with van der Waals surface area (Å²) in [5.41, 5.74) is 6.20. The summed E-state index contributed by atoms with van der Waals surface area (Å²) < 4.78 is 0. The van der Waals surface area contributed by atoms with E-state index in [1.165, 1.54) is 36.0 Å². The molecule has 1 amide bonds. The van der Waals surface area contributed by atoms with Crippen molar-refractivity contribution in [3.8, 4) is 0 Å². The van der Waals surface area contributed by atoms with Crippen molar-refractivity contribution < 1.29 is 4.79 Å². The van der Waals surface area contributed by atoms with Gasteiger partial charge in [0.15, 0.2) is 0 Å². The number of benzene rings is 2. The van der Waals surface area contributed by atoms with Crippen molar-refractivity contribution in [1.82, 2.24) is 5.32 Å². The lowest BCUT2D eigenvalue weighted by Gasteiger charge is -2.10. The first-order valence-electron chi connectivity index (χ1n) is 9.46. The Morgan fingerprint density at radius 2 is 1.81 bits per heavy atom. The lowest BCUT2D eigenvalue weighted by molar-refractivity contribution is -0.115. The number of rotatable bonds is 5. The summed E-state index contributed by atoms with van der Waals surface area (Å²) >= 11 is 0. The highest BCUT2D eigenvalue weighted by Gasteiger charge is 2.15. The number of nitrogens with one attached hydrogen (secondary N) is 2. The van der Waals surface area contributed by atoms with Crippen molar-refractivity contribution >= 4 is 24.0 Å². The maximum Gasteiger partial charge on any atom is 0.228 e. The quantitative estimate of drug-likeness (QED) is 0.837. The lowest BCUT2D eigenvalue weighted by Crippen LogP contribution is -2.14. The van der Waals surface area contributed by atoms with Crippen LogP contribution in [0, 0.1) is 5.92 Å². The van der Waals surface area contributed by atoms with E-state index in [2.05, 4.69) is 47.0 Å². The molecule has 1 fully saturated rings. The average Bonchev–Trinajstić information content (AvgIpc) is 3.27. The van der Waals surface area contributed by atoms with Crippen LogP contribution in [-0.2, 0) is 30.5 Å². The first kappa shape index (κ1) is 18.9. The molecule has 1 atom stereocenters. The topological polar surface area (TPSA) is 41.1 Å². The Kier molecular flexibility index (Phi) is 6.33. The van der Waals surface area contributed by atoms with E-state index in [9.17, 15) is 4.79 Å². The number of hydrogen-bond donors (Lipinski definition) is 2. The predicted molar refractivity (Wildman–Crippen MR) is 109 cm³/mol. The molecule has 1 heterocycles. The molecule has 0 saturated carbocycles. The Labute approximate surface area is 162 Å². The van der Waals surface area contributed by atoms with Crippen LogP contribution in [-0.4, -0.2) is 19.0 Å². The molecule has 0 radical (unpaired) electrons. The molecule has 4 heteroatoms. The average molecular weight is 371 g/mol. The van der Waals surface area contributed by atoms with Crippen LogP contribution in [0.4, 0.5) is 5.69 Å². The molecule has 1 unspecified atom stereocenters. The molecule has 2 aromatic carbocycles. The second-order valence-corrected chi connectivity index (χ2v) is 7.44. The monoisotopic (exact) mass is 370 g/mol. The van der Waals surface area contributed by atoms with Crippen LogP contribution in [0.3, 0.4) is 0 Å². The van der Waals surface area contributed by atoms with E-state index in [4.69, 9.17) is 0 Å². The molecule has 26 heavy (non-hydrogen) atoms. The van der Waals surface area contributed by atoms with E-state index in [1.807, 2.05) is 6.07 Å². The van der Waals surface area contributed by atoms with Crippen LogP contribution in [0.15, 0.2) is 42.5 Å². The Morgan fingerprint density at radius 3 is 2.58 bits per heavy atom. The Morgan fingerprint density at radius 1 is 1.04 bits per heavy atom. The number of halogens is 1. The minimum absolute atomic E-state index is 0. The second kappa shape index (κ2) is 8.70. The highest BCUT2D eigenvalue weighted by molar-refractivity contribution is 5.92. The van der Waals surface area contributed by atoms with E-state index in [0.717, 1.165) is 43.1 Å². The fourth-order valence-electron chi connectivity index (χ4n) is 4.06. The van der Waals surface area contributed by atoms with Gasteiger partial charge in [0, 0.05) is 5.69 Å². The molecule has 0 bridgehead atoms. The smallest absolute Gasteiger partial charge is 0.228 e. The van der Waals surface area contributed by atoms with Gasteiger partial charge in [-0.15, -0.1) is 12.4 Å². The van der Waals surface area contributed by atoms with Gasteiger partial charge in [-0.25, -0.2) is 0 Å². The Hall–Kier alpha value is -1.84. The van der Waals surface area contributed by atoms with Crippen molar-refractivity contribution in [3.63, 3.8) is 0 Å². The van der Waals surface area contributed by atoms with Crippen molar-refractivity contribution in [1.29, 1.82) is 0 Å². The number of fused-ring (bicyclic) bond motifs is 1. The molecule has 1 aliphatic carbocycles. The van der Waals surface area contributed by atoms with Gasteiger partial charge in [0.25, 0.3) is 0 Å². The van der Waals surface area contributed by atoms with Gasteiger partial charge in [0.1, 0.15) is 0 Å². The summed E-state index contributed by atoms with van der Waals surface area (Å²) in [6.45, 7) is 2.27. The molecule has 1 aliphatic heterocycles. The third-order valence-electron chi connectivity index (χ3n) is 5.46. The molecule has 2 aromatic rings. The number of carbonyl (C=O) groups excluding carboxylic acids is 1. The van der Waals surface area contributed by atoms with Gasteiger partial charge < -0.3 is 10.6 Å². The highest BCUT2D eigenvalue weighted by Crippen LogP contribution is 2.25. The Balaban J connectivity index is 0.00000196. The van der Waals surface area contributed by atoms with E-state index < -0.39 is 0 Å². The molecule has 4 rings (SSSR count). The first-order chi connectivity index (χ1) is 12.3. The maximum absolute atomic E-state index is 12.3. The number of aryl methyl sites for hydroxylation is 2. The molecule has 3 nitrogen and oxygen atoms in total. The maximum atomic E-state index is 12.3. The molecular formula is C22H27ClN2O. The zero-order chi connectivity index (χ0) is 17.1. The second-order valence-electron chi connectivity index (χ2n) is 7.44. The SMILES string of the molecule is Cl.O=C(Cc1ccc(CC2CCNC2)cc1)Nc1ccc2c(c1)CCC2. The summed E-state index contributed by atoms with van der Waals surface area (Å²) in [5, 5.41) is 6.46. The number of carbonyl (C=O) groups is 1. The summed E-state index contributed by atoms with van der Waals surface area (Å²) in [7, 11) is 0. The van der Waals surface area contributed by atoms with Crippen LogP contribution in [0.1, 0.15) is 35.1 Å². The van der Waals surface area contributed by atoms with E-state index >= 15 is 0 Å². The minimum Gasteiger partial charge on any atom is -0.326 e. The normalized spacial score (nSPS) is 18.2. The van der Waals surface area contributed by atoms with E-state index in [0.29, 0.717) is 6.42 Å². The van der Waals surface area contributed by atoms with E-state index in [1.54, 1.807) is 0 Å². The van der Waals surface area contributed by atoms with Crippen molar-refractivity contribution in [2.45, 2.75) is 38.5 Å². The van der Waals surface area contributed by atoms with Gasteiger partial charge in [0.05, 0.1) is 6.42 Å². The van der Waals surface area contributed by atoms with E-state index in [-0.39, 0.29) is 18.3 Å². The van der Waals surface area contributed by atoms with Gasteiger partial charge >= 0.3 is 0 Å². The highest BCUT2D eigenvalue weighted by atomic mass is 35.5. The summed E-state index contributed by atoms with van der Waals surface area (Å²) in [6, 6.07) is 14.9. The van der Waals surface area contributed by atoms with Crippen molar-refractivity contribution in [2.75, 3.05) is 18.4 Å². The number of hydrogen-bond acceptors (Lipinski definition) is 2. The standard InChI is InChI=1S/C22H26N2O.ClH/c25-22(24-21-9-8-19-2-1-3-20(19)14-21)13-17-6-4-16(5-7-17)12-18-10-11-23-15-18;/h4-9,14,18,23H,1-3,10-13,15H2,(H,24,25);1H. The fraction of sp³-hybridized carbons (Fsp3) is 0.409. The van der Waals surface area contributed by atoms with Crippen molar-refractivity contribution in [2.24, 2.45) is 5.92 Å².